The van der Waals surface area contributed by atoms with Gasteiger partial charge in [-0.25, -0.2) is 13.1 Å². The predicted octanol–water partition coefficient (Wildman–Crippen LogP) is 3.98. The molecule has 0 bridgehead atoms. The zero-order chi connectivity index (χ0) is 25.4. The fourth-order valence-corrected chi connectivity index (χ4v) is 5.76. The minimum absolute atomic E-state index is 0.0626. The van der Waals surface area contributed by atoms with E-state index in [1.54, 1.807) is 0 Å². The van der Waals surface area contributed by atoms with Crippen LogP contribution in [0.4, 0.5) is 0 Å². The number of hydrogen-bond acceptors (Lipinski definition) is 7. The number of fused-ring (bicyclic) bond motifs is 1. The molecule has 0 amide bonds. The van der Waals surface area contributed by atoms with Crippen molar-refractivity contribution in [2.24, 2.45) is 0 Å². The van der Waals surface area contributed by atoms with Gasteiger partial charge >= 0.3 is 5.97 Å². The number of nitrogens with one attached hydrogen (secondary N) is 1. The molecule has 190 valence electrons. The summed E-state index contributed by atoms with van der Waals surface area (Å²) in [6.07, 6.45) is 4.36. The quantitative estimate of drug-likeness (QED) is 0.253. The van der Waals surface area contributed by atoms with Crippen LogP contribution >= 0.6 is 11.6 Å². The van der Waals surface area contributed by atoms with E-state index in [0.29, 0.717) is 24.3 Å². The van der Waals surface area contributed by atoms with E-state index >= 15 is 0 Å². The Morgan fingerprint density at radius 3 is 2.63 bits per heavy atom. The molecule has 0 aromatic heterocycles. The lowest BCUT2D eigenvalue weighted by atomic mass is 9.77. The van der Waals surface area contributed by atoms with Gasteiger partial charge in [-0.3, -0.25) is 4.79 Å². The van der Waals surface area contributed by atoms with Crippen LogP contribution in [0, 0.1) is 10.1 Å². The first-order chi connectivity index (χ1) is 16.7. The first-order valence-corrected chi connectivity index (χ1v) is 13.3. The van der Waals surface area contributed by atoms with Gasteiger partial charge in [0, 0.05) is 18.0 Å². The Morgan fingerprint density at radius 1 is 1.20 bits per heavy atom. The molecule has 2 aromatic carbocycles. The number of hydrogen-bond donors (Lipinski definition) is 1. The lowest BCUT2D eigenvalue weighted by molar-refractivity contribution is -0.757. The van der Waals surface area contributed by atoms with Gasteiger partial charge in [0.2, 0.25) is 10.0 Å². The maximum atomic E-state index is 12.6. The Balaban J connectivity index is 1.75. The first kappa shape index (κ1) is 26.9. The highest BCUT2D eigenvalue weighted by molar-refractivity contribution is 7.89. The van der Waals surface area contributed by atoms with E-state index in [1.165, 1.54) is 31.4 Å². The third-order valence-electron chi connectivity index (χ3n) is 6.27. The van der Waals surface area contributed by atoms with Crippen molar-refractivity contribution >= 4 is 27.6 Å². The molecule has 0 saturated carbocycles. The van der Waals surface area contributed by atoms with Crippen molar-refractivity contribution in [1.29, 1.82) is 0 Å². The fraction of sp³-hybridized carbons (Fsp3) is 0.458. The van der Waals surface area contributed by atoms with E-state index in [-0.39, 0.29) is 36.4 Å². The molecule has 35 heavy (non-hydrogen) atoms. The summed E-state index contributed by atoms with van der Waals surface area (Å²) in [5.74, 6) is -0.160. The van der Waals surface area contributed by atoms with Crippen molar-refractivity contribution in [3.63, 3.8) is 0 Å². The van der Waals surface area contributed by atoms with Crippen LogP contribution < -0.4 is 4.72 Å². The highest BCUT2D eigenvalue weighted by Gasteiger charge is 2.25. The summed E-state index contributed by atoms with van der Waals surface area (Å²) >= 11 is 5.85. The number of esters is 1. The SMILES string of the molecule is COC(=O)CCc1c(CCO[N+](=O)[O-])ccc2c1CCCC2CCNS(=O)(=O)c1ccc(Cl)cc1. The number of carbonyl (C=O) groups is 1. The summed E-state index contributed by atoms with van der Waals surface area (Å²) < 4.78 is 32.7. The Hall–Kier alpha value is -2.69. The van der Waals surface area contributed by atoms with Gasteiger partial charge in [-0.2, -0.15) is 0 Å². The van der Waals surface area contributed by atoms with Crippen LogP contribution in [0.5, 0.6) is 0 Å². The highest BCUT2D eigenvalue weighted by Crippen LogP contribution is 2.37. The van der Waals surface area contributed by atoms with Gasteiger partial charge in [0.15, 0.2) is 0 Å². The van der Waals surface area contributed by atoms with Crippen molar-refractivity contribution in [2.45, 2.75) is 55.8 Å². The molecule has 11 heteroatoms. The summed E-state index contributed by atoms with van der Waals surface area (Å²) in [6.45, 7) is 0.220. The molecule has 1 unspecified atom stereocenters. The zero-order valence-electron chi connectivity index (χ0n) is 19.5. The summed E-state index contributed by atoms with van der Waals surface area (Å²) in [6, 6.07) is 9.98. The fourth-order valence-electron chi connectivity index (χ4n) is 4.59. The average molecular weight is 525 g/mol. The zero-order valence-corrected chi connectivity index (χ0v) is 21.1. The molecule has 1 aliphatic rings. The van der Waals surface area contributed by atoms with Gasteiger partial charge in [-0.05, 0) is 91.0 Å². The number of nitrogens with zero attached hydrogens (tertiary/aromatic N) is 1. The largest absolute Gasteiger partial charge is 0.469 e. The number of benzene rings is 2. The Bertz CT molecular complexity index is 1150. The molecule has 3 rings (SSSR count). The molecule has 1 N–H and O–H groups in total. The van der Waals surface area contributed by atoms with E-state index in [4.69, 9.17) is 16.3 Å². The molecule has 0 saturated heterocycles. The van der Waals surface area contributed by atoms with E-state index in [0.717, 1.165) is 41.5 Å². The minimum atomic E-state index is -3.64. The molecule has 0 spiro atoms. The standard InChI is InChI=1S/C24H29ClN2O7S/c1-33-24(28)12-11-22-18(14-16-34-27(29)30)5-10-21-17(3-2-4-23(21)22)13-15-26-35(31,32)20-8-6-19(25)7-9-20/h5-10,17,26H,2-4,11-16H2,1H3. The molecule has 1 atom stereocenters. The monoisotopic (exact) mass is 524 g/mol. The smallest absolute Gasteiger partial charge is 0.305 e. The van der Waals surface area contributed by atoms with Crippen molar-refractivity contribution in [3.05, 3.63) is 73.8 Å². The maximum Gasteiger partial charge on any atom is 0.305 e. The molecule has 9 nitrogen and oxygen atoms in total. The third-order valence-corrected chi connectivity index (χ3v) is 8.00. The number of rotatable bonds is 12. The van der Waals surface area contributed by atoms with E-state index in [1.807, 2.05) is 12.1 Å². The highest BCUT2D eigenvalue weighted by atomic mass is 35.5. The number of ether oxygens (including phenoxy) is 1. The van der Waals surface area contributed by atoms with Crippen molar-refractivity contribution < 1.29 is 27.9 Å². The van der Waals surface area contributed by atoms with Crippen LogP contribution in [-0.2, 0) is 43.7 Å². The van der Waals surface area contributed by atoms with Gasteiger partial charge < -0.3 is 9.57 Å². The lowest BCUT2D eigenvalue weighted by Crippen LogP contribution is -2.27. The predicted molar refractivity (Wildman–Crippen MR) is 130 cm³/mol. The molecule has 0 fully saturated rings. The van der Waals surface area contributed by atoms with Crippen LogP contribution in [0.2, 0.25) is 5.02 Å². The summed E-state index contributed by atoms with van der Waals surface area (Å²) in [7, 11) is -2.29. The molecule has 1 aliphatic carbocycles. The number of halogens is 1. The molecule has 2 aromatic rings. The third kappa shape index (κ3) is 7.39. The normalized spacial score (nSPS) is 15.3. The Morgan fingerprint density at radius 2 is 1.94 bits per heavy atom. The van der Waals surface area contributed by atoms with Crippen LogP contribution in [0.15, 0.2) is 41.3 Å². The van der Waals surface area contributed by atoms with Crippen LogP contribution in [0.25, 0.3) is 0 Å². The van der Waals surface area contributed by atoms with Crippen LogP contribution in [0.1, 0.15) is 53.9 Å². The van der Waals surface area contributed by atoms with Gasteiger partial charge in [-0.15, -0.1) is 10.1 Å². The molecular weight excluding hydrogens is 496 g/mol. The second kappa shape index (κ2) is 12.3. The number of carbonyl (C=O) groups excluding carboxylic acids is 1. The minimum Gasteiger partial charge on any atom is -0.469 e. The maximum absolute atomic E-state index is 12.6. The van der Waals surface area contributed by atoms with Crippen LogP contribution in [-0.4, -0.2) is 39.7 Å². The van der Waals surface area contributed by atoms with E-state index < -0.39 is 15.1 Å². The first-order valence-electron chi connectivity index (χ1n) is 11.4. The van der Waals surface area contributed by atoms with Gasteiger partial charge in [0.1, 0.15) is 6.61 Å². The molecule has 0 aliphatic heterocycles. The van der Waals surface area contributed by atoms with Gasteiger partial charge in [0.25, 0.3) is 5.09 Å². The Kier molecular flexibility index (Phi) is 9.47. The average Bonchev–Trinajstić information content (AvgIpc) is 2.83. The van der Waals surface area contributed by atoms with E-state index in [9.17, 15) is 23.3 Å². The number of methoxy groups -OCH3 is 1. The van der Waals surface area contributed by atoms with Crippen molar-refractivity contribution in [2.75, 3.05) is 20.3 Å². The summed E-state index contributed by atoms with van der Waals surface area (Å²) in [5, 5.41) is 10.2. The summed E-state index contributed by atoms with van der Waals surface area (Å²) in [5.41, 5.74) is 4.20. The second-order valence-corrected chi connectivity index (χ2v) is 10.6. The second-order valence-electron chi connectivity index (χ2n) is 8.38. The molecule has 0 heterocycles. The lowest BCUT2D eigenvalue weighted by Gasteiger charge is -2.29. The van der Waals surface area contributed by atoms with Crippen molar-refractivity contribution in [3.8, 4) is 0 Å². The molecule has 0 radical (unpaired) electrons. The van der Waals surface area contributed by atoms with Crippen molar-refractivity contribution in [1.82, 2.24) is 4.72 Å². The Labute approximate surface area is 209 Å². The number of sulfonamides is 1. The van der Waals surface area contributed by atoms with Gasteiger partial charge in [0.05, 0.1) is 12.0 Å². The van der Waals surface area contributed by atoms with Gasteiger partial charge in [-0.1, -0.05) is 23.7 Å². The molecular formula is C24H29ClN2O7S. The van der Waals surface area contributed by atoms with Crippen LogP contribution in [0.3, 0.4) is 0 Å². The van der Waals surface area contributed by atoms with E-state index in [2.05, 4.69) is 9.56 Å². The summed E-state index contributed by atoms with van der Waals surface area (Å²) in [4.78, 5) is 27.0. The topological polar surface area (TPSA) is 125 Å².